The molecule has 1 heterocycles. The number of anilines is 2. The van der Waals surface area contributed by atoms with Crippen molar-refractivity contribution in [3.8, 4) is 5.75 Å². The van der Waals surface area contributed by atoms with Crippen LogP contribution in [0.15, 0.2) is 72.3 Å². The first-order chi connectivity index (χ1) is 17.8. The van der Waals surface area contributed by atoms with E-state index in [1.807, 2.05) is 63.2 Å². The number of aliphatic hydroxyl groups excluding tert-OH is 1. The first-order valence-electron chi connectivity index (χ1n) is 12.8. The van der Waals surface area contributed by atoms with E-state index in [9.17, 15) is 14.7 Å². The molecule has 1 N–H and O–H groups in total. The Balaban J connectivity index is 1.88. The third kappa shape index (κ3) is 5.10. The van der Waals surface area contributed by atoms with Gasteiger partial charge in [-0.15, -0.1) is 0 Å². The van der Waals surface area contributed by atoms with Gasteiger partial charge < -0.3 is 14.7 Å². The van der Waals surface area contributed by atoms with Crippen LogP contribution in [0.5, 0.6) is 5.75 Å². The van der Waals surface area contributed by atoms with E-state index in [2.05, 4.69) is 18.7 Å². The molecule has 1 saturated heterocycles. The number of aliphatic hydroxyl groups is 1. The van der Waals surface area contributed by atoms with Crippen molar-refractivity contribution in [1.82, 2.24) is 0 Å². The Morgan fingerprint density at radius 1 is 0.892 bits per heavy atom. The Kier molecular flexibility index (Phi) is 7.67. The molecule has 4 rings (SSSR count). The molecule has 1 aliphatic rings. The Labute approximate surface area is 218 Å². The fourth-order valence-electron chi connectivity index (χ4n) is 4.99. The Hall–Kier alpha value is -4.06. The molecule has 0 aliphatic carbocycles. The lowest BCUT2D eigenvalue weighted by molar-refractivity contribution is -0.132. The van der Waals surface area contributed by atoms with Crippen molar-refractivity contribution < 1.29 is 19.4 Å². The van der Waals surface area contributed by atoms with E-state index in [4.69, 9.17) is 4.74 Å². The Morgan fingerprint density at radius 2 is 1.49 bits per heavy atom. The van der Waals surface area contributed by atoms with Crippen molar-refractivity contribution in [3.05, 3.63) is 94.6 Å². The number of nitrogens with zero attached hydrogens (tertiary/aromatic N) is 2. The molecule has 0 radical (unpaired) electrons. The van der Waals surface area contributed by atoms with Gasteiger partial charge in [0.25, 0.3) is 11.7 Å². The zero-order valence-corrected chi connectivity index (χ0v) is 22.1. The highest BCUT2D eigenvalue weighted by Crippen LogP contribution is 2.43. The van der Waals surface area contributed by atoms with Gasteiger partial charge in [0.15, 0.2) is 0 Å². The van der Waals surface area contributed by atoms with Gasteiger partial charge in [0, 0.05) is 30.0 Å². The number of hydrogen-bond acceptors (Lipinski definition) is 5. The van der Waals surface area contributed by atoms with E-state index >= 15 is 0 Å². The molecule has 1 aliphatic heterocycles. The normalized spacial score (nSPS) is 16.8. The maximum Gasteiger partial charge on any atom is 0.300 e. The van der Waals surface area contributed by atoms with Crippen LogP contribution in [-0.4, -0.2) is 36.5 Å². The average Bonchev–Trinajstić information content (AvgIpc) is 3.15. The van der Waals surface area contributed by atoms with E-state index in [1.165, 1.54) is 4.90 Å². The molecule has 6 heteroatoms. The van der Waals surface area contributed by atoms with Crippen molar-refractivity contribution in [2.45, 2.75) is 40.7 Å². The van der Waals surface area contributed by atoms with Gasteiger partial charge in [-0.1, -0.05) is 18.2 Å². The van der Waals surface area contributed by atoms with Crippen LogP contribution < -0.4 is 14.5 Å². The molecule has 37 heavy (non-hydrogen) atoms. The second-order valence-electron chi connectivity index (χ2n) is 9.24. The maximum absolute atomic E-state index is 13.5. The highest BCUT2D eigenvalue weighted by Gasteiger charge is 2.47. The summed E-state index contributed by atoms with van der Waals surface area (Å²) < 4.78 is 5.51. The van der Waals surface area contributed by atoms with Crippen molar-refractivity contribution in [2.75, 3.05) is 29.5 Å². The quantitative estimate of drug-likeness (QED) is 0.228. The molecule has 192 valence electrons. The summed E-state index contributed by atoms with van der Waals surface area (Å²) >= 11 is 0. The second kappa shape index (κ2) is 10.9. The van der Waals surface area contributed by atoms with Crippen LogP contribution in [0.2, 0.25) is 0 Å². The molecular weight excluding hydrogens is 464 g/mol. The van der Waals surface area contributed by atoms with Gasteiger partial charge in [0.1, 0.15) is 11.5 Å². The van der Waals surface area contributed by atoms with E-state index in [1.54, 1.807) is 24.3 Å². The molecule has 3 aromatic carbocycles. The molecule has 3 aromatic rings. The summed E-state index contributed by atoms with van der Waals surface area (Å²) in [5.41, 5.74) is 4.93. The zero-order valence-electron chi connectivity index (χ0n) is 22.1. The number of aryl methyl sites for hydroxylation is 2. The summed E-state index contributed by atoms with van der Waals surface area (Å²) in [6.45, 7) is 12.3. The number of carbonyl (C=O) groups is 2. The van der Waals surface area contributed by atoms with Gasteiger partial charge in [-0.25, -0.2) is 0 Å². The third-order valence-corrected chi connectivity index (χ3v) is 6.71. The van der Waals surface area contributed by atoms with Gasteiger partial charge in [-0.05, 0) is 99.8 Å². The maximum atomic E-state index is 13.5. The number of benzene rings is 3. The van der Waals surface area contributed by atoms with Crippen LogP contribution in [-0.2, 0) is 9.59 Å². The minimum absolute atomic E-state index is 0.0731. The minimum atomic E-state index is -0.765. The first kappa shape index (κ1) is 26.0. The summed E-state index contributed by atoms with van der Waals surface area (Å²) in [4.78, 5) is 30.7. The van der Waals surface area contributed by atoms with Gasteiger partial charge in [0.2, 0.25) is 0 Å². The van der Waals surface area contributed by atoms with Gasteiger partial charge >= 0.3 is 0 Å². The van der Waals surface area contributed by atoms with E-state index < -0.39 is 17.7 Å². The van der Waals surface area contributed by atoms with E-state index in [0.717, 1.165) is 35.5 Å². The van der Waals surface area contributed by atoms with Crippen LogP contribution >= 0.6 is 0 Å². The third-order valence-electron chi connectivity index (χ3n) is 6.71. The Bertz CT molecular complexity index is 1300. The van der Waals surface area contributed by atoms with Crippen molar-refractivity contribution in [3.63, 3.8) is 0 Å². The lowest BCUT2D eigenvalue weighted by Crippen LogP contribution is -2.29. The molecule has 1 fully saturated rings. The monoisotopic (exact) mass is 498 g/mol. The SMILES string of the molecule is CCOc1ccc(/C(O)=C2\C(=O)C(=O)N(c3cc(C)cc(C)c3)C2c2ccc(N(CC)CC)cc2)cc1. The topological polar surface area (TPSA) is 70.1 Å². The predicted molar refractivity (Wildman–Crippen MR) is 148 cm³/mol. The van der Waals surface area contributed by atoms with E-state index in [-0.39, 0.29) is 11.3 Å². The molecular formula is C31H34N2O4. The summed E-state index contributed by atoms with van der Waals surface area (Å²) in [5, 5.41) is 11.4. The molecule has 1 atom stereocenters. The molecule has 0 aromatic heterocycles. The fraction of sp³-hybridized carbons (Fsp3) is 0.290. The number of carbonyl (C=O) groups excluding carboxylic acids is 2. The number of hydrogen-bond donors (Lipinski definition) is 1. The molecule has 1 unspecified atom stereocenters. The minimum Gasteiger partial charge on any atom is -0.507 e. The van der Waals surface area contributed by atoms with Crippen LogP contribution in [0.1, 0.15) is 49.1 Å². The van der Waals surface area contributed by atoms with Gasteiger partial charge in [0.05, 0.1) is 18.2 Å². The van der Waals surface area contributed by atoms with Gasteiger partial charge in [-0.2, -0.15) is 0 Å². The number of ketones is 1. The fourth-order valence-corrected chi connectivity index (χ4v) is 4.99. The van der Waals surface area contributed by atoms with Gasteiger partial charge in [-0.3, -0.25) is 14.5 Å². The van der Waals surface area contributed by atoms with Crippen LogP contribution in [0.3, 0.4) is 0 Å². The standard InChI is InChI=1S/C31H34N2O4/c1-6-32(7-2)24-13-9-22(10-14-24)28-27(29(34)23-11-15-26(16-12-23)37-8-3)30(35)31(36)33(28)25-18-20(4)17-21(5)19-25/h9-19,28,34H,6-8H2,1-5H3/b29-27+. The zero-order chi connectivity index (χ0) is 26.7. The largest absolute Gasteiger partial charge is 0.507 e. The summed E-state index contributed by atoms with van der Waals surface area (Å²) in [6.07, 6.45) is 0. The molecule has 6 nitrogen and oxygen atoms in total. The first-order valence-corrected chi connectivity index (χ1v) is 12.8. The number of ether oxygens (including phenoxy) is 1. The lowest BCUT2D eigenvalue weighted by Gasteiger charge is -2.27. The highest BCUT2D eigenvalue weighted by molar-refractivity contribution is 6.51. The Morgan fingerprint density at radius 3 is 2.03 bits per heavy atom. The smallest absolute Gasteiger partial charge is 0.300 e. The summed E-state index contributed by atoms with van der Waals surface area (Å²) in [7, 11) is 0. The molecule has 0 bridgehead atoms. The molecule has 0 saturated carbocycles. The van der Waals surface area contributed by atoms with Crippen LogP contribution in [0, 0.1) is 13.8 Å². The van der Waals surface area contributed by atoms with Crippen molar-refractivity contribution in [2.24, 2.45) is 0 Å². The predicted octanol–water partition coefficient (Wildman–Crippen LogP) is 6.17. The number of amides is 1. The van der Waals surface area contributed by atoms with E-state index in [0.29, 0.717) is 23.6 Å². The van der Waals surface area contributed by atoms with Crippen molar-refractivity contribution >= 4 is 28.8 Å². The highest BCUT2D eigenvalue weighted by atomic mass is 16.5. The number of Topliss-reactive ketones (excluding diaryl/α,β-unsaturated/α-hetero) is 1. The molecule has 1 amide bonds. The number of rotatable bonds is 8. The second-order valence-corrected chi connectivity index (χ2v) is 9.24. The summed E-state index contributed by atoms with van der Waals surface area (Å²) in [6, 6.07) is 19.8. The van der Waals surface area contributed by atoms with Crippen molar-refractivity contribution in [1.29, 1.82) is 0 Å². The average molecular weight is 499 g/mol. The molecule has 0 spiro atoms. The summed E-state index contributed by atoms with van der Waals surface area (Å²) in [5.74, 6) is -0.900. The lowest BCUT2D eigenvalue weighted by atomic mass is 9.94. The van der Waals surface area contributed by atoms with Crippen LogP contribution in [0.25, 0.3) is 5.76 Å². The van der Waals surface area contributed by atoms with Crippen LogP contribution in [0.4, 0.5) is 11.4 Å².